The van der Waals surface area contributed by atoms with Gasteiger partial charge in [-0.2, -0.15) is 5.10 Å². The molecule has 1 saturated carbocycles. The summed E-state index contributed by atoms with van der Waals surface area (Å²) in [6.45, 7) is 0.418. The summed E-state index contributed by atoms with van der Waals surface area (Å²) in [6, 6.07) is 10.6. The van der Waals surface area contributed by atoms with E-state index in [0.717, 1.165) is 31.5 Å². The Bertz CT molecular complexity index is 714. The molecule has 1 aromatic carbocycles. The Hall–Kier alpha value is -1.95. The standard InChI is InChI=1S/C17H22N4OS/c1-21-15(19-20-17(21)23)11-18-16(22)14-9-7-13(8-10-14)12-5-3-2-4-6-12/h2-6,13-14H,7-11H2,1H3,(H,18,22)(H,20,23). The first-order valence-corrected chi connectivity index (χ1v) is 8.49. The minimum absolute atomic E-state index is 0.113. The molecule has 23 heavy (non-hydrogen) atoms. The molecule has 1 amide bonds. The lowest BCUT2D eigenvalue weighted by Gasteiger charge is -2.28. The molecule has 1 fully saturated rings. The van der Waals surface area contributed by atoms with E-state index >= 15 is 0 Å². The van der Waals surface area contributed by atoms with Crippen molar-refractivity contribution in [1.82, 2.24) is 20.1 Å². The Morgan fingerprint density at radius 2 is 2.00 bits per heavy atom. The van der Waals surface area contributed by atoms with Crippen molar-refractivity contribution in [2.45, 2.75) is 38.1 Å². The molecular formula is C17H22N4OS. The zero-order valence-corrected chi connectivity index (χ0v) is 14.1. The maximum absolute atomic E-state index is 12.3. The van der Waals surface area contributed by atoms with Crippen LogP contribution >= 0.6 is 12.2 Å². The summed E-state index contributed by atoms with van der Waals surface area (Å²) in [5.41, 5.74) is 1.40. The normalized spacial score (nSPS) is 21.1. The van der Waals surface area contributed by atoms with Crippen molar-refractivity contribution in [1.29, 1.82) is 0 Å². The third-order valence-electron chi connectivity index (χ3n) is 4.76. The van der Waals surface area contributed by atoms with Crippen LogP contribution in [0.3, 0.4) is 0 Å². The monoisotopic (exact) mass is 330 g/mol. The van der Waals surface area contributed by atoms with Gasteiger partial charge in [-0.05, 0) is 49.4 Å². The molecule has 6 heteroatoms. The number of aromatic amines is 1. The Morgan fingerprint density at radius 1 is 1.30 bits per heavy atom. The van der Waals surface area contributed by atoms with E-state index in [1.807, 2.05) is 13.1 Å². The molecule has 1 aliphatic carbocycles. The second-order valence-corrected chi connectivity index (χ2v) is 6.57. The topological polar surface area (TPSA) is 62.7 Å². The minimum Gasteiger partial charge on any atom is -0.349 e. The second kappa shape index (κ2) is 7.08. The van der Waals surface area contributed by atoms with Gasteiger partial charge in [-0.3, -0.25) is 9.89 Å². The molecule has 2 N–H and O–H groups in total. The third-order valence-corrected chi connectivity index (χ3v) is 5.13. The van der Waals surface area contributed by atoms with Crippen LogP contribution in [-0.4, -0.2) is 20.7 Å². The fourth-order valence-corrected chi connectivity index (χ4v) is 3.41. The Balaban J connectivity index is 1.50. The predicted octanol–water partition coefficient (Wildman–Crippen LogP) is 3.07. The van der Waals surface area contributed by atoms with Gasteiger partial charge >= 0.3 is 0 Å². The van der Waals surface area contributed by atoms with Crippen molar-refractivity contribution in [3.63, 3.8) is 0 Å². The van der Waals surface area contributed by atoms with E-state index in [1.54, 1.807) is 4.57 Å². The van der Waals surface area contributed by atoms with Crippen molar-refractivity contribution in [3.8, 4) is 0 Å². The molecule has 3 rings (SSSR count). The van der Waals surface area contributed by atoms with E-state index in [1.165, 1.54) is 5.56 Å². The molecular weight excluding hydrogens is 308 g/mol. The minimum atomic E-state index is 0.113. The van der Waals surface area contributed by atoms with Gasteiger partial charge < -0.3 is 9.88 Å². The predicted molar refractivity (Wildman–Crippen MR) is 91.4 cm³/mol. The van der Waals surface area contributed by atoms with Gasteiger partial charge in [0.25, 0.3) is 0 Å². The zero-order valence-electron chi connectivity index (χ0n) is 13.3. The largest absolute Gasteiger partial charge is 0.349 e. The number of nitrogens with zero attached hydrogens (tertiary/aromatic N) is 2. The molecule has 1 heterocycles. The molecule has 0 aliphatic heterocycles. The van der Waals surface area contributed by atoms with E-state index in [4.69, 9.17) is 12.2 Å². The highest BCUT2D eigenvalue weighted by Gasteiger charge is 2.26. The van der Waals surface area contributed by atoms with Crippen molar-refractivity contribution < 1.29 is 4.79 Å². The van der Waals surface area contributed by atoms with Gasteiger partial charge in [-0.15, -0.1) is 0 Å². The quantitative estimate of drug-likeness (QED) is 0.847. The molecule has 0 radical (unpaired) electrons. The summed E-state index contributed by atoms with van der Waals surface area (Å²) in [5.74, 6) is 1.58. The van der Waals surface area contributed by atoms with Crippen LogP contribution in [0.2, 0.25) is 0 Å². The van der Waals surface area contributed by atoms with Gasteiger partial charge in [0.05, 0.1) is 6.54 Å². The van der Waals surface area contributed by atoms with E-state index in [9.17, 15) is 4.79 Å². The Morgan fingerprint density at radius 3 is 2.61 bits per heavy atom. The first-order valence-electron chi connectivity index (χ1n) is 8.08. The van der Waals surface area contributed by atoms with E-state index in [-0.39, 0.29) is 11.8 Å². The van der Waals surface area contributed by atoms with Crippen molar-refractivity contribution in [2.75, 3.05) is 0 Å². The van der Waals surface area contributed by atoms with Gasteiger partial charge in [0.15, 0.2) is 10.6 Å². The number of aromatic nitrogens is 3. The summed E-state index contributed by atoms with van der Waals surface area (Å²) >= 11 is 5.07. The molecule has 5 nitrogen and oxygen atoms in total. The zero-order chi connectivity index (χ0) is 16.2. The molecule has 0 bridgehead atoms. The number of hydrogen-bond acceptors (Lipinski definition) is 3. The fourth-order valence-electron chi connectivity index (χ4n) is 3.26. The van der Waals surface area contributed by atoms with Crippen molar-refractivity contribution in [2.24, 2.45) is 13.0 Å². The molecule has 0 unspecified atom stereocenters. The highest BCUT2D eigenvalue weighted by Crippen LogP contribution is 2.35. The van der Waals surface area contributed by atoms with Crippen molar-refractivity contribution >= 4 is 18.1 Å². The summed E-state index contributed by atoms with van der Waals surface area (Å²) in [6.07, 6.45) is 4.05. The average molecular weight is 330 g/mol. The molecule has 0 spiro atoms. The third kappa shape index (κ3) is 3.69. The smallest absolute Gasteiger partial charge is 0.223 e. The second-order valence-electron chi connectivity index (χ2n) is 6.18. The highest BCUT2D eigenvalue weighted by atomic mass is 32.1. The molecule has 122 valence electrons. The van der Waals surface area contributed by atoms with Crippen LogP contribution in [-0.2, 0) is 18.4 Å². The summed E-state index contributed by atoms with van der Waals surface area (Å²) in [4.78, 5) is 12.3. The Labute approximate surface area is 141 Å². The summed E-state index contributed by atoms with van der Waals surface area (Å²) in [5, 5.41) is 9.83. The van der Waals surface area contributed by atoms with Crippen LogP contribution in [0.4, 0.5) is 0 Å². The van der Waals surface area contributed by atoms with Crippen LogP contribution in [0.1, 0.15) is 43.0 Å². The van der Waals surface area contributed by atoms with E-state index < -0.39 is 0 Å². The number of rotatable bonds is 4. The maximum atomic E-state index is 12.3. The first kappa shape index (κ1) is 15.9. The van der Waals surface area contributed by atoms with Gasteiger partial charge in [0.2, 0.25) is 5.91 Å². The molecule has 1 aliphatic rings. The average Bonchev–Trinajstić information content (AvgIpc) is 2.92. The summed E-state index contributed by atoms with van der Waals surface area (Å²) < 4.78 is 2.35. The highest BCUT2D eigenvalue weighted by molar-refractivity contribution is 7.71. The first-order chi connectivity index (χ1) is 11.1. The number of carbonyl (C=O) groups excluding carboxylic acids is 1. The Kier molecular flexibility index (Phi) is 4.91. The lowest BCUT2D eigenvalue weighted by Crippen LogP contribution is -2.33. The van der Waals surface area contributed by atoms with E-state index in [2.05, 4.69) is 39.8 Å². The number of H-pyrrole nitrogens is 1. The summed E-state index contributed by atoms with van der Waals surface area (Å²) in [7, 11) is 1.85. The van der Waals surface area contributed by atoms with Crippen LogP contribution in [0.25, 0.3) is 0 Å². The van der Waals surface area contributed by atoms with Crippen LogP contribution < -0.4 is 5.32 Å². The molecule has 0 saturated heterocycles. The van der Waals surface area contributed by atoms with Crippen LogP contribution in [0.5, 0.6) is 0 Å². The van der Waals surface area contributed by atoms with Gasteiger partial charge in [0, 0.05) is 13.0 Å². The number of carbonyl (C=O) groups is 1. The fraction of sp³-hybridized carbons (Fsp3) is 0.471. The number of nitrogens with one attached hydrogen (secondary N) is 2. The lowest BCUT2D eigenvalue weighted by atomic mass is 9.78. The van der Waals surface area contributed by atoms with E-state index in [0.29, 0.717) is 17.2 Å². The molecule has 2 aromatic rings. The number of hydrogen-bond donors (Lipinski definition) is 2. The van der Waals surface area contributed by atoms with Crippen molar-refractivity contribution in [3.05, 3.63) is 46.5 Å². The molecule has 1 aromatic heterocycles. The van der Waals surface area contributed by atoms with Gasteiger partial charge in [-0.1, -0.05) is 30.3 Å². The van der Waals surface area contributed by atoms with Gasteiger partial charge in [-0.25, -0.2) is 0 Å². The SMILES string of the molecule is Cn1c(CNC(=O)C2CCC(c3ccccc3)CC2)n[nH]c1=S. The van der Waals surface area contributed by atoms with Gasteiger partial charge in [0.1, 0.15) is 0 Å². The lowest BCUT2D eigenvalue weighted by molar-refractivity contribution is -0.126. The maximum Gasteiger partial charge on any atom is 0.223 e. The van der Waals surface area contributed by atoms with Crippen LogP contribution in [0, 0.1) is 10.7 Å². The van der Waals surface area contributed by atoms with Crippen LogP contribution in [0.15, 0.2) is 30.3 Å². The number of amides is 1. The number of benzene rings is 1. The molecule has 0 atom stereocenters.